The number of anilines is 1. The molecule has 0 saturated heterocycles. The molecule has 110 valence electrons. The van der Waals surface area contributed by atoms with Gasteiger partial charge in [0.1, 0.15) is 5.76 Å². The Morgan fingerprint density at radius 3 is 2.52 bits per heavy atom. The standard InChI is InChI=1S/C14H16N4O3/c1-4-6-11(7-5-2)21-14(20)18-10-8-16-12(17-9-10)13(19)15-3/h4-9H,1H2,2-3H3,(H,15,19)(H,18,20)/b7-5-,11-6+. The normalized spacial score (nSPS) is 11.0. The average molecular weight is 288 g/mol. The Balaban J connectivity index is 2.68. The summed E-state index contributed by atoms with van der Waals surface area (Å²) in [6, 6.07) is 0. The van der Waals surface area contributed by atoms with Crippen molar-refractivity contribution in [1.29, 1.82) is 0 Å². The number of aromatic nitrogens is 2. The van der Waals surface area contributed by atoms with E-state index >= 15 is 0 Å². The van der Waals surface area contributed by atoms with Gasteiger partial charge >= 0.3 is 6.09 Å². The number of amides is 2. The lowest BCUT2D eigenvalue weighted by Gasteiger charge is -2.06. The zero-order valence-corrected chi connectivity index (χ0v) is 11.8. The fraction of sp³-hybridized carbons (Fsp3) is 0.143. The van der Waals surface area contributed by atoms with Crippen LogP contribution in [0.4, 0.5) is 10.5 Å². The third kappa shape index (κ3) is 5.27. The number of allylic oxidation sites excluding steroid dienone is 4. The molecular weight excluding hydrogens is 272 g/mol. The number of carbonyl (C=O) groups excluding carboxylic acids is 2. The highest BCUT2D eigenvalue weighted by Crippen LogP contribution is 2.07. The maximum Gasteiger partial charge on any atom is 0.417 e. The van der Waals surface area contributed by atoms with Gasteiger partial charge in [-0.25, -0.2) is 14.8 Å². The van der Waals surface area contributed by atoms with Gasteiger partial charge in [-0.05, 0) is 19.1 Å². The van der Waals surface area contributed by atoms with Crippen LogP contribution in [0.3, 0.4) is 0 Å². The van der Waals surface area contributed by atoms with Gasteiger partial charge in [0.05, 0.1) is 18.1 Å². The van der Waals surface area contributed by atoms with Crippen molar-refractivity contribution >= 4 is 17.7 Å². The minimum Gasteiger partial charge on any atom is -0.410 e. The highest BCUT2D eigenvalue weighted by molar-refractivity contribution is 5.90. The van der Waals surface area contributed by atoms with E-state index in [1.165, 1.54) is 25.5 Å². The van der Waals surface area contributed by atoms with Crippen LogP contribution in [0, 0.1) is 0 Å². The van der Waals surface area contributed by atoms with E-state index in [9.17, 15) is 9.59 Å². The summed E-state index contributed by atoms with van der Waals surface area (Å²) in [5.74, 6) is -0.0566. The molecule has 2 N–H and O–H groups in total. The summed E-state index contributed by atoms with van der Waals surface area (Å²) < 4.78 is 5.05. The third-order valence-electron chi connectivity index (χ3n) is 2.15. The van der Waals surface area contributed by atoms with Crippen molar-refractivity contribution in [1.82, 2.24) is 15.3 Å². The third-order valence-corrected chi connectivity index (χ3v) is 2.15. The van der Waals surface area contributed by atoms with Crippen molar-refractivity contribution in [2.45, 2.75) is 6.92 Å². The van der Waals surface area contributed by atoms with Gasteiger partial charge in [-0.2, -0.15) is 0 Å². The SMILES string of the molecule is C=C/C=C(\C=C/C)OC(=O)Nc1cnc(C(=O)NC)nc1. The van der Waals surface area contributed by atoms with Crippen molar-refractivity contribution < 1.29 is 14.3 Å². The van der Waals surface area contributed by atoms with Gasteiger partial charge in [0.15, 0.2) is 0 Å². The second-order valence-corrected chi connectivity index (χ2v) is 3.69. The van der Waals surface area contributed by atoms with Gasteiger partial charge in [-0.1, -0.05) is 18.7 Å². The summed E-state index contributed by atoms with van der Waals surface area (Å²) in [6.45, 7) is 5.32. The second-order valence-electron chi connectivity index (χ2n) is 3.69. The minimum atomic E-state index is -0.697. The molecule has 0 aliphatic heterocycles. The molecule has 0 aliphatic carbocycles. The second kappa shape index (κ2) is 8.26. The number of ether oxygens (including phenoxy) is 1. The number of hydrogen-bond acceptors (Lipinski definition) is 5. The fourth-order valence-electron chi connectivity index (χ4n) is 1.28. The molecular formula is C14H16N4O3. The predicted octanol–water partition coefficient (Wildman–Crippen LogP) is 2.03. The molecule has 0 radical (unpaired) electrons. The number of rotatable bonds is 5. The van der Waals surface area contributed by atoms with E-state index in [1.807, 2.05) is 0 Å². The Morgan fingerprint density at radius 1 is 1.33 bits per heavy atom. The molecule has 0 bridgehead atoms. The zero-order chi connectivity index (χ0) is 15.7. The first-order valence-corrected chi connectivity index (χ1v) is 6.09. The van der Waals surface area contributed by atoms with Crippen LogP contribution >= 0.6 is 0 Å². The molecule has 1 aromatic heterocycles. The maximum absolute atomic E-state index is 11.7. The molecule has 0 atom stereocenters. The summed E-state index contributed by atoms with van der Waals surface area (Å²) in [5, 5.41) is 4.84. The lowest BCUT2D eigenvalue weighted by atomic mass is 10.4. The van der Waals surface area contributed by atoms with E-state index in [-0.39, 0.29) is 5.82 Å². The number of nitrogens with zero attached hydrogens (tertiary/aromatic N) is 2. The smallest absolute Gasteiger partial charge is 0.410 e. The first kappa shape index (κ1) is 16.1. The van der Waals surface area contributed by atoms with Crippen LogP contribution in [0.5, 0.6) is 0 Å². The summed E-state index contributed by atoms with van der Waals surface area (Å²) in [6.07, 6.45) is 8.32. The van der Waals surface area contributed by atoms with E-state index < -0.39 is 12.0 Å². The van der Waals surface area contributed by atoms with Gasteiger partial charge in [-0.3, -0.25) is 10.1 Å². The summed E-state index contributed by atoms with van der Waals surface area (Å²) >= 11 is 0. The van der Waals surface area contributed by atoms with Crippen molar-refractivity contribution in [3.8, 4) is 0 Å². The Kier molecular flexibility index (Phi) is 6.33. The van der Waals surface area contributed by atoms with Crippen LogP contribution < -0.4 is 10.6 Å². The lowest BCUT2D eigenvalue weighted by Crippen LogP contribution is -2.21. The minimum absolute atomic E-state index is 0.0116. The van der Waals surface area contributed by atoms with E-state index in [2.05, 4.69) is 27.2 Å². The molecule has 0 saturated carbocycles. The number of carbonyl (C=O) groups is 2. The van der Waals surface area contributed by atoms with Gasteiger partial charge in [-0.15, -0.1) is 0 Å². The van der Waals surface area contributed by atoms with Crippen molar-refractivity contribution in [2.75, 3.05) is 12.4 Å². The van der Waals surface area contributed by atoms with Crippen molar-refractivity contribution in [2.24, 2.45) is 0 Å². The molecule has 1 heterocycles. The van der Waals surface area contributed by atoms with E-state index in [1.54, 1.807) is 25.2 Å². The van der Waals surface area contributed by atoms with Crippen LogP contribution in [-0.4, -0.2) is 29.0 Å². The first-order chi connectivity index (χ1) is 10.1. The fourth-order valence-corrected chi connectivity index (χ4v) is 1.28. The summed E-state index contributed by atoms with van der Waals surface area (Å²) in [4.78, 5) is 30.6. The number of nitrogens with one attached hydrogen (secondary N) is 2. The molecule has 0 spiro atoms. The van der Waals surface area contributed by atoms with E-state index in [0.29, 0.717) is 11.4 Å². The summed E-state index contributed by atoms with van der Waals surface area (Å²) in [7, 11) is 1.48. The van der Waals surface area contributed by atoms with Gasteiger partial charge in [0.2, 0.25) is 5.82 Å². The number of hydrogen-bond donors (Lipinski definition) is 2. The van der Waals surface area contributed by atoms with Crippen LogP contribution in [0.2, 0.25) is 0 Å². The summed E-state index contributed by atoms with van der Waals surface area (Å²) in [5.41, 5.74) is 0.311. The average Bonchev–Trinajstić information content (AvgIpc) is 2.47. The van der Waals surface area contributed by atoms with E-state index in [4.69, 9.17) is 4.74 Å². The molecule has 0 unspecified atom stereocenters. The molecule has 7 heteroatoms. The molecule has 7 nitrogen and oxygen atoms in total. The maximum atomic E-state index is 11.7. The zero-order valence-electron chi connectivity index (χ0n) is 11.8. The van der Waals surface area contributed by atoms with Crippen molar-refractivity contribution in [3.05, 3.63) is 54.9 Å². The monoisotopic (exact) mass is 288 g/mol. The Labute approximate surface area is 122 Å². The van der Waals surface area contributed by atoms with Crippen LogP contribution in [0.15, 0.2) is 49.0 Å². The van der Waals surface area contributed by atoms with Crippen LogP contribution in [0.1, 0.15) is 17.5 Å². The van der Waals surface area contributed by atoms with Gasteiger partial charge in [0.25, 0.3) is 5.91 Å². The molecule has 21 heavy (non-hydrogen) atoms. The highest BCUT2D eigenvalue weighted by Gasteiger charge is 2.09. The van der Waals surface area contributed by atoms with Crippen LogP contribution in [-0.2, 0) is 4.74 Å². The van der Waals surface area contributed by atoms with Gasteiger partial charge in [0, 0.05) is 7.05 Å². The quantitative estimate of drug-likeness (QED) is 0.638. The molecule has 1 rings (SSSR count). The largest absolute Gasteiger partial charge is 0.417 e. The first-order valence-electron chi connectivity index (χ1n) is 6.09. The highest BCUT2D eigenvalue weighted by atomic mass is 16.6. The lowest BCUT2D eigenvalue weighted by molar-refractivity contribution is 0.0953. The predicted molar refractivity (Wildman–Crippen MR) is 78.6 cm³/mol. The molecule has 0 aliphatic rings. The molecule has 1 aromatic rings. The molecule has 0 aromatic carbocycles. The Morgan fingerprint density at radius 2 is 2.00 bits per heavy atom. The molecule has 0 fully saturated rings. The Hall–Kier alpha value is -2.96. The van der Waals surface area contributed by atoms with Gasteiger partial charge < -0.3 is 10.1 Å². The Bertz CT molecular complexity index is 576. The van der Waals surface area contributed by atoms with Crippen LogP contribution in [0.25, 0.3) is 0 Å². The molecule has 2 amide bonds. The van der Waals surface area contributed by atoms with E-state index in [0.717, 1.165) is 0 Å². The topological polar surface area (TPSA) is 93.2 Å². The van der Waals surface area contributed by atoms with Crippen molar-refractivity contribution in [3.63, 3.8) is 0 Å².